The quantitative estimate of drug-likeness (QED) is 0.663. The van der Waals surface area contributed by atoms with Gasteiger partial charge in [0.1, 0.15) is 0 Å². The van der Waals surface area contributed by atoms with Gasteiger partial charge in [0.05, 0.1) is 15.1 Å². The third-order valence-corrected chi connectivity index (χ3v) is 6.36. The number of anilines is 1. The van der Waals surface area contributed by atoms with Crippen LogP contribution in [0, 0.1) is 20.8 Å². The molecule has 2 aromatic carbocycles. The van der Waals surface area contributed by atoms with Crippen LogP contribution in [0.1, 0.15) is 22.3 Å². The van der Waals surface area contributed by atoms with Gasteiger partial charge in [-0.2, -0.15) is 0 Å². The highest BCUT2D eigenvalue weighted by Gasteiger charge is 2.11. The Hall–Kier alpha value is -2.51. The zero-order valence-electron chi connectivity index (χ0n) is 15.5. The molecule has 0 aliphatic rings. The summed E-state index contributed by atoms with van der Waals surface area (Å²) in [5, 5.41) is 3.17. The van der Waals surface area contributed by atoms with Crippen LogP contribution in [0.15, 0.2) is 41.3 Å². The van der Waals surface area contributed by atoms with Crippen molar-refractivity contribution in [3.8, 4) is 0 Å². The summed E-state index contributed by atoms with van der Waals surface area (Å²) >= 11 is 1.24. The van der Waals surface area contributed by atoms with E-state index in [1.165, 1.54) is 34.6 Å². The molecule has 1 N–H and O–H groups in total. The highest BCUT2D eigenvalue weighted by Crippen LogP contribution is 2.28. The van der Waals surface area contributed by atoms with Crippen LogP contribution in [0.4, 0.5) is 5.13 Å². The molecular weight excluding hydrogens is 380 g/mol. The first-order valence-corrected chi connectivity index (χ1v) is 11.0. The third kappa shape index (κ3) is 4.43. The van der Waals surface area contributed by atoms with Crippen LogP contribution in [0.2, 0.25) is 0 Å². The molecule has 0 unspecified atom stereocenters. The molecule has 3 aromatic rings. The van der Waals surface area contributed by atoms with E-state index >= 15 is 0 Å². The Bertz CT molecular complexity index is 1180. The Morgan fingerprint density at radius 1 is 1.07 bits per heavy atom. The van der Waals surface area contributed by atoms with Crippen molar-refractivity contribution < 1.29 is 13.2 Å². The Kier molecular flexibility index (Phi) is 5.17. The minimum atomic E-state index is -3.28. The van der Waals surface area contributed by atoms with Crippen LogP contribution in [0.3, 0.4) is 0 Å². The smallest absolute Gasteiger partial charge is 0.250 e. The van der Waals surface area contributed by atoms with E-state index in [2.05, 4.69) is 29.4 Å². The fourth-order valence-electron chi connectivity index (χ4n) is 2.66. The molecule has 0 bridgehead atoms. The number of thiazole rings is 1. The lowest BCUT2D eigenvalue weighted by atomic mass is 10.0. The average Bonchev–Trinajstić information content (AvgIpc) is 2.97. The van der Waals surface area contributed by atoms with Gasteiger partial charge < -0.3 is 0 Å². The Labute approximate surface area is 162 Å². The number of benzene rings is 2. The van der Waals surface area contributed by atoms with E-state index in [4.69, 9.17) is 0 Å². The van der Waals surface area contributed by atoms with Crippen molar-refractivity contribution in [1.29, 1.82) is 0 Å². The molecule has 0 saturated carbocycles. The predicted molar refractivity (Wildman–Crippen MR) is 111 cm³/mol. The number of carbonyl (C=O) groups excluding carboxylic acids is 1. The maximum absolute atomic E-state index is 12.2. The summed E-state index contributed by atoms with van der Waals surface area (Å²) in [4.78, 5) is 16.8. The second-order valence-corrected chi connectivity index (χ2v) is 9.58. The van der Waals surface area contributed by atoms with Gasteiger partial charge in [-0.3, -0.25) is 10.1 Å². The van der Waals surface area contributed by atoms with Gasteiger partial charge >= 0.3 is 0 Å². The van der Waals surface area contributed by atoms with Gasteiger partial charge in [0.2, 0.25) is 5.91 Å². The number of amides is 1. The maximum atomic E-state index is 12.2. The van der Waals surface area contributed by atoms with E-state index in [-0.39, 0.29) is 10.8 Å². The highest BCUT2D eigenvalue weighted by atomic mass is 32.2. The Balaban J connectivity index is 1.79. The lowest BCUT2D eigenvalue weighted by Crippen LogP contribution is -2.07. The van der Waals surface area contributed by atoms with Crippen LogP contribution < -0.4 is 5.32 Å². The number of aromatic nitrogens is 1. The van der Waals surface area contributed by atoms with Crippen molar-refractivity contribution >= 4 is 48.5 Å². The third-order valence-electron chi connectivity index (χ3n) is 4.31. The number of fused-ring (bicyclic) bond motifs is 1. The summed E-state index contributed by atoms with van der Waals surface area (Å²) in [6, 6.07) is 8.89. The maximum Gasteiger partial charge on any atom is 0.250 e. The van der Waals surface area contributed by atoms with Crippen molar-refractivity contribution in [3.63, 3.8) is 0 Å². The van der Waals surface area contributed by atoms with E-state index in [9.17, 15) is 13.2 Å². The van der Waals surface area contributed by atoms with E-state index in [1.807, 2.05) is 13.8 Å². The second kappa shape index (κ2) is 7.25. The van der Waals surface area contributed by atoms with Crippen molar-refractivity contribution in [2.24, 2.45) is 0 Å². The van der Waals surface area contributed by atoms with Crippen LogP contribution >= 0.6 is 11.3 Å². The number of nitrogens with one attached hydrogen (secondary N) is 1. The fraction of sp³-hybridized carbons (Fsp3) is 0.200. The molecule has 3 rings (SSSR count). The summed E-state index contributed by atoms with van der Waals surface area (Å²) in [5.41, 5.74) is 5.15. The normalized spacial score (nSPS) is 12.0. The fourth-order valence-corrected chi connectivity index (χ4v) is 4.29. The first-order valence-electron chi connectivity index (χ1n) is 8.31. The molecule has 1 aromatic heterocycles. The monoisotopic (exact) mass is 400 g/mol. The minimum Gasteiger partial charge on any atom is -0.298 e. The van der Waals surface area contributed by atoms with E-state index in [0.29, 0.717) is 15.3 Å². The molecule has 0 spiro atoms. The summed E-state index contributed by atoms with van der Waals surface area (Å²) in [6.45, 7) is 6.11. The summed E-state index contributed by atoms with van der Waals surface area (Å²) in [5.74, 6) is -0.282. The van der Waals surface area contributed by atoms with E-state index < -0.39 is 9.84 Å². The topological polar surface area (TPSA) is 76.1 Å². The van der Waals surface area contributed by atoms with E-state index in [1.54, 1.807) is 18.2 Å². The summed E-state index contributed by atoms with van der Waals surface area (Å²) < 4.78 is 24.0. The van der Waals surface area contributed by atoms with Gasteiger partial charge in [0, 0.05) is 12.3 Å². The van der Waals surface area contributed by atoms with Crippen LogP contribution in [0.25, 0.3) is 16.3 Å². The van der Waals surface area contributed by atoms with Gasteiger partial charge in [-0.25, -0.2) is 13.4 Å². The van der Waals surface area contributed by atoms with Crippen LogP contribution in [-0.4, -0.2) is 25.6 Å². The SMILES string of the molecule is Cc1cc(C)c(/C=C/C(=O)Nc2nc3ccc(S(C)(=O)=O)cc3s2)cc1C. The summed E-state index contributed by atoms with van der Waals surface area (Å²) in [7, 11) is -3.28. The largest absolute Gasteiger partial charge is 0.298 e. The van der Waals surface area contributed by atoms with Crippen molar-refractivity contribution in [3.05, 3.63) is 58.7 Å². The molecule has 140 valence electrons. The molecule has 0 atom stereocenters. The number of hydrogen-bond acceptors (Lipinski definition) is 5. The summed E-state index contributed by atoms with van der Waals surface area (Å²) in [6.07, 6.45) is 4.43. The number of aryl methyl sites for hydroxylation is 3. The Morgan fingerprint density at radius 2 is 1.78 bits per heavy atom. The van der Waals surface area contributed by atoms with E-state index in [0.717, 1.165) is 17.4 Å². The second-order valence-electron chi connectivity index (χ2n) is 6.54. The van der Waals surface area contributed by atoms with Crippen LogP contribution in [-0.2, 0) is 14.6 Å². The molecule has 7 heteroatoms. The molecule has 0 fully saturated rings. The van der Waals surface area contributed by atoms with Gasteiger partial charge in [-0.05, 0) is 67.3 Å². The number of hydrogen-bond donors (Lipinski definition) is 1. The van der Waals surface area contributed by atoms with Gasteiger partial charge in [0.15, 0.2) is 15.0 Å². The van der Waals surface area contributed by atoms with Gasteiger partial charge in [-0.1, -0.05) is 23.5 Å². The molecule has 0 radical (unpaired) electrons. The van der Waals surface area contributed by atoms with Crippen molar-refractivity contribution in [2.75, 3.05) is 11.6 Å². The number of rotatable bonds is 4. The molecule has 5 nitrogen and oxygen atoms in total. The predicted octanol–water partition coefficient (Wildman–Crippen LogP) is 4.28. The lowest BCUT2D eigenvalue weighted by molar-refractivity contribution is -0.111. The first kappa shape index (κ1) is 19.3. The number of carbonyl (C=O) groups is 1. The molecule has 1 heterocycles. The molecular formula is C20H20N2O3S2. The van der Waals surface area contributed by atoms with Gasteiger partial charge in [-0.15, -0.1) is 0 Å². The molecule has 0 saturated heterocycles. The van der Waals surface area contributed by atoms with Crippen molar-refractivity contribution in [1.82, 2.24) is 4.98 Å². The Morgan fingerprint density at radius 3 is 2.48 bits per heavy atom. The lowest BCUT2D eigenvalue weighted by Gasteiger charge is -2.05. The number of sulfone groups is 1. The average molecular weight is 401 g/mol. The zero-order chi connectivity index (χ0) is 19.8. The minimum absolute atomic E-state index is 0.238. The highest BCUT2D eigenvalue weighted by molar-refractivity contribution is 7.90. The van der Waals surface area contributed by atoms with Crippen molar-refractivity contribution in [2.45, 2.75) is 25.7 Å². The zero-order valence-corrected chi connectivity index (χ0v) is 17.2. The number of nitrogens with zero attached hydrogens (tertiary/aromatic N) is 1. The van der Waals surface area contributed by atoms with Gasteiger partial charge in [0.25, 0.3) is 0 Å². The molecule has 0 aliphatic heterocycles. The molecule has 27 heavy (non-hydrogen) atoms. The molecule has 0 aliphatic carbocycles. The molecule has 1 amide bonds. The first-order chi connectivity index (χ1) is 12.6. The standard InChI is InChI=1S/C20H20N2O3S2/c1-12-9-14(3)15(10-13(12)2)5-8-19(23)22-20-21-17-7-6-16(27(4,24)25)11-18(17)26-20/h5-11H,1-4H3,(H,21,22,23)/b8-5+. The van der Waals surface area contributed by atoms with Crippen LogP contribution in [0.5, 0.6) is 0 Å².